The number of aromatic nitrogens is 2. The van der Waals surface area contributed by atoms with Crippen LogP contribution in [0.3, 0.4) is 0 Å². The zero-order valence-corrected chi connectivity index (χ0v) is 16.6. The molecule has 0 saturated heterocycles. The van der Waals surface area contributed by atoms with Gasteiger partial charge in [0.1, 0.15) is 5.15 Å². The number of hydrogen-bond acceptors (Lipinski definition) is 4. The highest BCUT2D eigenvalue weighted by atomic mass is 35.5. The number of hydrazone groups is 1. The molecule has 140 valence electrons. The van der Waals surface area contributed by atoms with E-state index in [4.69, 9.17) is 23.2 Å². The third-order valence-electron chi connectivity index (χ3n) is 3.78. The summed E-state index contributed by atoms with van der Waals surface area (Å²) in [5.41, 5.74) is 2.16. The standard InChI is InChI=1S/C18H16Cl2N4O2S/c1-13-17(11-21-23-27(25,26)16-5-3-2-4-6-16)18(20)24(22-13)12-14-7-9-15(19)10-8-14/h2-11,23H,12H2,1H3. The third-order valence-corrected chi connectivity index (χ3v) is 5.66. The highest BCUT2D eigenvalue weighted by Crippen LogP contribution is 2.20. The molecule has 1 heterocycles. The van der Waals surface area contributed by atoms with Gasteiger partial charge in [-0.2, -0.15) is 18.6 Å². The van der Waals surface area contributed by atoms with Crippen molar-refractivity contribution in [1.29, 1.82) is 0 Å². The van der Waals surface area contributed by atoms with Crippen LogP contribution in [0.1, 0.15) is 16.8 Å². The summed E-state index contributed by atoms with van der Waals surface area (Å²) in [5, 5.41) is 9.23. The van der Waals surface area contributed by atoms with Gasteiger partial charge in [0.05, 0.1) is 28.9 Å². The second-order valence-electron chi connectivity index (χ2n) is 5.74. The van der Waals surface area contributed by atoms with Gasteiger partial charge in [-0.05, 0) is 36.8 Å². The Morgan fingerprint density at radius 2 is 1.78 bits per heavy atom. The molecule has 0 spiro atoms. The van der Waals surface area contributed by atoms with Crippen molar-refractivity contribution in [3.8, 4) is 0 Å². The summed E-state index contributed by atoms with van der Waals surface area (Å²) in [7, 11) is -3.73. The predicted octanol–water partition coefficient (Wildman–Crippen LogP) is 3.86. The Kier molecular flexibility index (Phi) is 5.84. The maximum absolute atomic E-state index is 12.2. The summed E-state index contributed by atoms with van der Waals surface area (Å²) in [4.78, 5) is 2.30. The average molecular weight is 423 g/mol. The van der Waals surface area contributed by atoms with Crippen molar-refractivity contribution in [2.24, 2.45) is 5.10 Å². The molecule has 0 aliphatic rings. The normalized spacial score (nSPS) is 11.8. The summed E-state index contributed by atoms with van der Waals surface area (Å²) >= 11 is 12.3. The molecule has 2 aromatic carbocycles. The van der Waals surface area contributed by atoms with E-state index >= 15 is 0 Å². The van der Waals surface area contributed by atoms with E-state index in [9.17, 15) is 8.42 Å². The van der Waals surface area contributed by atoms with Crippen LogP contribution in [0.15, 0.2) is 64.6 Å². The first kappa shape index (κ1) is 19.4. The van der Waals surface area contributed by atoms with Crippen molar-refractivity contribution in [3.63, 3.8) is 0 Å². The fourth-order valence-electron chi connectivity index (χ4n) is 2.39. The molecular weight excluding hydrogens is 407 g/mol. The fraction of sp³-hybridized carbons (Fsp3) is 0.111. The molecule has 0 aliphatic carbocycles. The van der Waals surface area contributed by atoms with Gasteiger partial charge in [-0.3, -0.25) is 0 Å². The smallest absolute Gasteiger partial charge is 0.249 e. The Hall–Kier alpha value is -2.35. The summed E-state index contributed by atoms with van der Waals surface area (Å²) in [6.07, 6.45) is 1.35. The fourth-order valence-corrected chi connectivity index (χ4v) is 3.62. The topological polar surface area (TPSA) is 76.3 Å². The van der Waals surface area contributed by atoms with Crippen LogP contribution < -0.4 is 4.83 Å². The van der Waals surface area contributed by atoms with E-state index in [1.54, 1.807) is 41.9 Å². The molecule has 3 rings (SSSR count). The maximum Gasteiger partial charge on any atom is 0.276 e. The minimum atomic E-state index is -3.73. The van der Waals surface area contributed by atoms with E-state index in [1.807, 2.05) is 12.1 Å². The first-order chi connectivity index (χ1) is 12.9. The predicted molar refractivity (Wildman–Crippen MR) is 107 cm³/mol. The minimum absolute atomic E-state index is 0.128. The number of nitrogens with one attached hydrogen (secondary N) is 1. The van der Waals surface area contributed by atoms with Crippen LogP contribution >= 0.6 is 23.2 Å². The van der Waals surface area contributed by atoms with Gasteiger partial charge in [0, 0.05) is 5.02 Å². The lowest BCUT2D eigenvalue weighted by Gasteiger charge is -2.04. The van der Waals surface area contributed by atoms with Crippen molar-refractivity contribution in [2.45, 2.75) is 18.4 Å². The van der Waals surface area contributed by atoms with Gasteiger partial charge in [0.25, 0.3) is 10.0 Å². The number of halogens is 2. The Morgan fingerprint density at radius 3 is 2.44 bits per heavy atom. The van der Waals surface area contributed by atoms with Gasteiger partial charge in [-0.25, -0.2) is 9.51 Å². The number of rotatable bonds is 6. The van der Waals surface area contributed by atoms with Crippen molar-refractivity contribution in [3.05, 3.63) is 81.6 Å². The minimum Gasteiger partial charge on any atom is -0.249 e. The second-order valence-corrected chi connectivity index (χ2v) is 8.20. The van der Waals surface area contributed by atoms with E-state index in [-0.39, 0.29) is 4.90 Å². The lowest BCUT2D eigenvalue weighted by Crippen LogP contribution is -2.18. The van der Waals surface area contributed by atoms with Crippen molar-refractivity contribution >= 4 is 39.4 Å². The second kappa shape index (κ2) is 8.12. The van der Waals surface area contributed by atoms with Gasteiger partial charge in [0.2, 0.25) is 0 Å². The molecule has 0 amide bonds. The molecule has 1 N–H and O–H groups in total. The van der Waals surface area contributed by atoms with Crippen LogP contribution in [0.2, 0.25) is 10.2 Å². The largest absolute Gasteiger partial charge is 0.276 e. The molecule has 1 aromatic heterocycles. The quantitative estimate of drug-likeness (QED) is 0.483. The van der Waals surface area contributed by atoms with E-state index in [0.717, 1.165) is 5.56 Å². The number of sulfonamides is 1. The SMILES string of the molecule is Cc1nn(Cc2ccc(Cl)cc2)c(Cl)c1C=NNS(=O)(=O)c1ccccc1. The van der Waals surface area contributed by atoms with Crippen LogP contribution in [-0.4, -0.2) is 24.4 Å². The van der Waals surface area contributed by atoms with E-state index in [2.05, 4.69) is 15.0 Å². The molecule has 0 fully saturated rings. The molecule has 0 atom stereocenters. The van der Waals surface area contributed by atoms with Crippen LogP contribution in [0.25, 0.3) is 0 Å². The highest BCUT2D eigenvalue weighted by molar-refractivity contribution is 7.89. The Morgan fingerprint density at radius 1 is 1.11 bits per heavy atom. The third kappa shape index (κ3) is 4.68. The van der Waals surface area contributed by atoms with Crippen LogP contribution in [0.4, 0.5) is 0 Å². The van der Waals surface area contributed by atoms with Crippen LogP contribution in [0, 0.1) is 6.92 Å². The first-order valence-corrected chi connectivity index (χ1v) is 10.2. The van der Waals surface area contributed by atoms with Gasteiger partial charge in [-0.1, -0.05) is 53.5 Å². The lowest BCUT2D eigenvalue weighted by atomic mass is 10.2. The summed E-state index contributed by atoms with van der Waals surface area (Å²) in [5.74, 6) is 0. The van der Waals surface area contributed by atoms with E-state index < -0.39 is 10.0 Å². The number of nitrogens with zero attached hydrogens (tertiary/aromatic N) is 3. The van der Waals surface area contributed by atoms with Crippen LogP contribution in [0.5, 0.6) is 0 Å². The van der Waals surface area contributed by atoms with E-state index in [1.165, 1.54) is 18.3 Å². The monoisotopic (exact) mass is 422 g/mol. The van der Waals surface area contributed by atoms with E-state index in [0.29, 0.717) is 28.0 Å². The Balaban J connectivity index is 1.76. The molecule has 9 heteroatoms. The lowest BCUT2D eigenvalue weighted by molar-refractivity contribution is 0.584. The van der Waals surface area contributed by atoms with Gasteiger partial charge in [-0.15, -0.1) is 0 Å². The average Bonchev–Trinajstić information content (AvgIpc) is 2.91. The number of benzene rings is 2. The van der Waals surface area contributed by atoms with Gasteiger partial charge in [0.15, 0.2) is 0 Å². The summed E-state index contributed by atoms with van der Waals surface area (Å²) < 4.78 is 26.0. The van der Waals surface area contributed by atoms with Crippen LogP contribution in [-0.2, 0) is 16.6 Å². The Bertz CT molecular complexity index is 1060. The van der Waals surface area contributed by atoms with Gasteiger partial charge >= 0.3 is 0 Å². The summed E-state index contributed by atoms with van der Waals surface area (Å²) in [6, 6.07) is 15.3. The zero-order valence-electron chi connectivity index (χ0n) is 14.3. The first-order valence-electron chi connectivity index (χ1n) is 7.94. The maximum atomic E-state index is 12.2. The molecule has 6 nitrogen and oxygen atoms in total. The molecule has 0 radical (unpaired) electrons. The molecular formula is C18H16Cl2N4O2S. The van der Waals surface area contributed by atoms with Crippen molar-refractivity contribution in [1.82, 2.24) is 14.6 Å². The summed E-state index contributed by atoms with van der Waals surface area (Å²) in [6.45, 7) is 2.23. The Labute approximate surface area is 167 Å². The molecule has 3 aromatic rings. The highest BCUT2D eigenvalue weighted by Gasteiger charge is 2.14. The van der Waals surface area contributed by atoms with Crippen molar-refractivity contribution < 1.29 is 8.42 Å². The number of aryl methyl sites for hydroxylation is 1. The molecule has 0 saturated carbocycles. The van der Waals surface area contributed by atoms with Crippen molar-refractivity contribution in [2.75, 3.05) is 0 Å². The molecule has 0 bridgehead atoms. The number of hydrogen-bond donors (Lipinski definition) is 1. The molecule has 0 aliphatic heterocycles. The molecule has 27 heavy (non-hydrogen) atoms. The zero-order chi connectivity index (χ0) is 19.4. The molecule has 0 unspecified atom stereocenters. The van der Waals surface area contributed by atoms with Gasteiger partial charge < -0.3 is 0 Å².